The molecule has 1 fully saturated rings. The first-order valence-electron chi connectivity index (χ1n) is 9.92. The van der Waals surface area contributed by atoms with Gasteiger partial charge in [-0.25, -0.2) is 9.97 Å². The predicted octanol–water partition coefficient (Wildman–Crippen LogP) is 2.75. The van der Waals surface area contributed by atoms with Crippen LogP contribution in [-0.2, 0) is 0 Å². The Hall–Kier alpha value is -2.67. The Bertz CT molecular complexity index is 769. The molecule has 0 bridgehead atoms. The standard InChI is InChI=1S/C21H30N6O/c1-16(2)8-9-22-21(28)19-14-20(24-15-23-19)25-17-4-6-18(7-5-17)27-12-10-26(3)11-13-27/h4-7,14-16H,8-13H2,1-3H3,(H,22,28)(H,23,24,25). The minimum Gasteiger partial charge on any atom is -0.369 e. The van der Waals surface area contributed by atoms with Crippen LogP contribution in [0.1, 0.15) is 30.8 Å². The number of carbonyl (C=O) groups is 1. The first-order chi connectivity index (χ1) is 13.5. The van der Waals surface area contributed by atoms with Gasteiger partial charge in [-0.3, -0.25) is 4.79 Å². The van der Waals surface area contributed by atoms with Crippen LogP contribution in [0.5, 0.6) is 0 Å². The van der Waals surface area contributed by atoms with Gasteiger partial charge in [0.25, 0.3) is 5.91 Å². The van der Waals surface area contributed by atoms with E-state index in [0.29, 0.717) is 24.0 Å². The first kappa shape index (κ1) is 20.1. The van der Waals surface area contributed by atoms with Gasteiger partial charge < -0.3 is 20.4 Å². The molecule has 2 aromatic rings. The second-order valence-corrected chi connectivity index (χ2v) is 7.69. The van der Waals surface area contributed by atoms with E-state index in [2.05, 4.69) is 63.4 Å². The summed E-state index contributed by atoms with van der Waals surface area (Å²) in [6, 6.07) is 10.00. The van der Waals surface area contributed by atoms with Crippen molar-refractivity contribution >= 4 is 23.1 Å². The van der Waals surface area contributed by atoms with Crippen molar-refractivity contribution in [3.05, 3.63) is 42.4 Å². The van der Waals surface area contributed by atoms with E-state index in [4.69, 9.17) is 0 Å². The number of hydrogen-bond acceptors (Lipinski definition) is 6. The van der Waals surface area contributed by atoms with Crippen molar-refractivity contribution in [1.82, 2.24) is 20.2 Å². The van der Waals surface area contributed by atoms with Crippen LogP contribution < -0.4 is 15.5 Å². The molecule has 0 unspecified atom stereocenters. The van der Waals surface area contributed by atoms with Crippen molar-refractivity contribution in [3.8, 4) is 0 Å². The number of benzene rings is 1. The fourth-order valence-corrected chi connectivity index (χ4v) is 3.08. The third-order valence-electron chi connectivity index (χ3n) is 4.92. The molecule has 1 saturated heterocycles. The van der Waals surface area contributed by atoms with Crippen molar-refractivity contribution < 1.29 is 4.79 Å². The predicted molar refractivity (Wildman–Crippen MR) is 113 cm³/mol. The molecular formula is C21H30N6O. The zero-order valence-corrected chi connectivity index (χ0v) is 17.0. The second kappa shape index (κ2) is 9.50. The normalized spacial score (nSPS) is 14.9. The summed E-state index contributed by atoms with van der Waals surface area (Å²) < 4.78 is 0. The summed E-state index contributed by atoms with van der Waals surface area (Å²) >= 11 is 0. The van der Waals surface area contributed by atoms with Gasteiger partial charge in [-0.05, 0) is 43.7 Å². The highest BCUT2D eigenvalue weighted by molar-refractivity contribution is 5.92. The summed E-state index contributed by atoms with van der Waals surface area (Å²) in [7, 11) is 2.16. The number of anilines is 3. The number of nitrogens with zero attached hydrogens (tertiary/aromatic N) is 4. The number of likely N-dealkylation sites (N-methyl/N-ethyl adjacent to an activating group) is 1. The van der Waals surface area contributed by atoms with Crippen molar-refractivity contribution in [2.24, 2.45) is 5.92 Å². The fourth-order valence-electron chi connectivity index (χ4n) is 3.08. The monoisotopic (exact) mass is 382 g/mol. The SMILES string of the molecule is CC(C)CCNC(=O)c1cc(Nc2ccc(N3CCN(C)CC3)cc2)ncn1. The molecule has 1 aliphatic heterocycles. The molecule has 2 heterocycles. The zero-order chi connectivity index (χ0) is 19.9. The number of rotatable bonds is 7. The molecule has 1 aliphatic rings. The van der Waals surface area contributed by atoms with Crippen LogP contribution in [0.3, 0.4) is 0 Å². The summed E-state index contributed by atoms with van der Waals surface area (Å²) in [4.78, 5) is 25.3. The van der Waals surface area contributed by atoms with Gasteiger partial charge in [0.1, 0.15) is 17.8 Å². The molecule has 7 heteroatoms. The summed E-state index contributed by atoms with van der Waals surface area (Å²) in [5, 5.41) is 6.16. The van der Waals surface area contributed by atoms with Gasteiger partial charge in [0.2, 0.25) is 0 Å². The third-order valence-corrected chi connectivity index (χ3v) is 4.92. The van der Waals surface area contributed by atoms with E-state index in [0.717, 1.165) is 38.3 Å². The minimum atomic E-state index is -0.170. The second-order valence-electron chi connectivity index (χ2n) is 7.69. The van der Waals surface area contributed by atoms with Crippen LogP contribution >= 0.6 is 0 Å². The number of amides is 1. The maximum absolute atomic E-state index is 12.2. The zero-order valence-electron chi connectivity index (χ0n) is 17.0. The molecule has 28 heavy (non-hydrogen) atoms. The van der Waals surface area contributed by atoms with E-state index >= 15 is 0 Å². The molecule has 0 saturated carbocycles. The molecule has 0 atom stereocenters. The van der Waals surface area contributed by atoms with Gasteiger partial charge in [0.15, 0.2) is 0 Å². The molecule has 0 radical (unpaired) electrons. The molecule has 7 nitrogen and oxygen atoms in total. The van der Waals surface area contributed by atoms with Gasteiger partial charge in [-0.2, -0.15) is 0 Å². The van der Waals surface area contributed by atoms with Gasteiger partial charge in [0, 0.05) is 50.2 Å². The summed E-state index contributed by atoms with van der Waals surface area (Å²) in [5.41, 5.74) is 2.53. The smallest absolute Gasteiger partial charge is 0.270 e. The average Bonchev–Trinajstić information content (AvgIpc) is 2.69. The maximum Gasteiger partial charge on any atom is 0.270 e. The Morgan fingerprint density at radius 3 is 2.50 bits per heavy atom. The summed E-state index contributed by atoms with van der Waals surface area (Å²) in [6.45, 7) is 9.18. The van der Waals surface area contributed by atoms with Crippen LogP contribution in [0.4, 0.5) is 17.2 Å². The van der Waals surface area contributed by atoms with E-state index in [1.807, 2.05) is 12.1 Å². The Morgan fingerprint density at radius 2 is 1.82 bits per heavy atom. The Labute approximate surface area is 167 Å². The quantitative estimate of drug-likeness (QED) is 0.767. The lowest BCUT2D eigenvalue weighted by atomic mass is 10.1. The van der Waals surface area contributed by atoms with Gasteiger partial charge in [-0.1, -0.05) is 13.8 Å². The van der Waals surface area contributed by atoms with Crippen LogP contribution in [0.2, 0.25) is 0 Å². The van der Waals surface area contributed by atoms with Gasteiger partial charge in [0.05, 0.1) is 0 Å². The Balaban J connectivity index is 1.58. The largest absolute Gasteiger partial charge is 0.369 e. The van der Waals surface area contributed by atoms with E-state index in [9.17, 15) is 4.79 Å². The number of aromatic nitrogens is 2. The van der Waals surface area contributed by atoms with E-state index < -0.39 is 0 Å². The van der Waals surface area contributed by atoms with Crippen LogP contribution in [0, 0.1) is 5.92 Å². The van der Waals surface area contributed by atoms with Crippen molar-refractivity contribution in [1.29, 1.82) is 0 Å². The molecule has 1 aromatic carbocycles. The molecule has 1 aromatic heterocycles. The lowest BCUT2D eigenvalue weighted by Crippen LogP contribution is -2.44. The average molecular weight is 383 g/mol. The fraction of sp³-hybridized carbons (Fsp3) is 0.476. The number of carbonyl (C=O) groups excluding carboxylic acids is 1. The van der Waals surface area contributed by atoms with E-state index in [1.54, 1.807) is 6.07 Å². The molecule has 1 amide bonds. The molecule has 150 valence electrons. The lowest BCUT2D eigenvalue weighted by molar-refractivity contribution is 0.0947. The van der Waals surface area contributed by atoms with Crippen LogP contribution in [0.15, 0.2) is 36.7 Å². The lowest BCUT2D eigenvalue weighted by Gasteiger charge is -2.34. The van der Waals surface area contributed by atoms with Gasteiger partial charge in [-0.15, -0.1) is 0 Å². The van der Waals surface area contributed by atoms with Crippen molar-refractivity contribution in [2.75, 3.05) is 50.0 Å². The van der Waals surface area contributed by atoms with E-state index in [-0.39, 0.29) is 5.91 Å². The van der Waals surface area contributed by atoms with Crippen molar-refractivity contribution in [3.63, 3.8) is 0 Å². The molecule has 0 aliphatic carbocycles. The summed E-state index contributed by atoms with van der Waals surface area (Å²) in [6.07, 6.45) is 2.36. The minimum absolute atomic E-state index is 0.170. The highest BCUT2D eigenvalue weighted by Gasteiger charge is 2.14. The summed E-state index contributed by atoms with van der Waals surface area (Å²) in [5.74, 6) is 0.990. The molecule has 3 rings (SSSR count). The number of piperazine rings is 1. The molecule has 2 N–H and O–H groups in total. The van der Waals surface area contributed by atoms with Crippen LogP contribution in [0.25, 0.3) is 0 Å². The van der Waals surface area contributed by atoms with Gasteiger partial charge >= 0.3 is 0 Å². The highest BCUT2D eigenvalue weighted by Crippen LogP contribution is 2.21. The van der Waals surface area contributed by atoms with E-state index in [1.165, 1.54) is 12.0 Å². The Kier molecular flexibility index (Phi) is 6.81. The first-order valence-corrected chi connectivity index (χ1v) is 9.92. The van der Waals surface area contributed by atoms with Crippen LogP contribution in [-0.4, -0.2) is 60.5 Å². The molecule has 0 spiro atoms. The van der Waals surface area contributed by atoms with Crippen molar-refractivity contribution in [2.45, 2.75) is 20.3 Å². The Morgan fingerprint density at radius 1 is 1.11 bits per heavy atom. The highest BCUT2D eigenvalue weighted by atomic mass is 16.1. The molecular weight excluding hydrogens is 352 g/mol. The number of hydrogen-bond donors (Lipinski definition) is 2. The maximum atomic E-state index is 12.2. The number of nitrogens with one attached hydrogen (secondary N) is 2. The third kappa shape index (κ3) is 5.66. The topological polar surface area (TPSA) is 73.4 Å².